The van der Waals surface area contributed by atoms with Crippen molar-refractivity contribution in [2.45, 2.75) is 25.9 Å². The van der Waals surface area contributed by atoms with E-state index in [1.807, 2.05) is 13.8 Å². The van der Waals surface area contributed by atoms with Gasteiger partial charge in [0.1, 0.15) is 0 Å². The molecule has 1 fully saturated rings. The molecule has 2 unspecified atom stereocenters. The molecule has 6 heteroatoms. The number of nitrogens with zero attached hydrogens (tertiary/aromatic N) is 2. The van der Waals surface area contributed by atoms with E-state index in [0.29, 0.717) is 6.54 Å². The molecule has 0 bridgehead atoms. The van der Waals surface area contributed by atoms with Gasteiger partial charge in [-0.25, -0.2) is 0 Å². The third kappa shape index (κ3) is 2.08. The summed E-state index contributed by atoms with van der Waals surface area (Å²) in [5.41, 5.74) is 0. The Kier molecular flexibility index (Phi) is 3.52. The third-order valence-corrected chi connectivity index (χ3v) is 4.76. The largest absolute Gasteiger partial charge is 0.311 e. The van der Waals surface area contributed by atoms with E-state index in [1.165, 1.54) is 4.31 Å². The van der Waals surface area contributed by atoms with Gasteiger partial charge >= 0.3 is 0 Å². The molecule has 5 nitrogen and oxygen atoms in total. The summed E-state index contributed by atoms with van der Waals surface area (Å²) in [7, 11) is -0.127. The maximum absolute atomic E-state index is 11.9. The number of hydrogen-bond acceptors (Lipinski definition) is 3. The molecule has 0 saturated carbocycles. The molecule has 0 aromatic rings. The number of rotatable bonds is 2. The predicted octanol–water partition coefficient (Wildman–Crippen LogP) is -0.525. The molecule has 1 N–H and O–H groups in total. The first kappa shape index (κ1) is 11.9. The summed E-state index contributed by atoms with van der Waals surface area (Å²) in [5.74, 6) is 0. The smallest absolute Gasteiger partial charge is 0.281 e. The molecule has 1 rings (SSSR count). The van der Waals surface area contributed by atoms with Gasteiger partial charge in [0.15, 0.2) is 0 Å². The van der Waals surface area contributed by atoms with Gasteiger partial charge in [0.25, 0.3) is 10.2 Å². The monoisotopic (exact) mass is 221 g/mol. The van der Waals surface area contributed by atoms with E-state index in [9.17, 15) is 8.42 Å². The Labute approximate surface area is 86.3 Å². The highest BCUT2D eigenvalue weighted by molar-refractivity contribution is 7.86. The van der Waals surface area contributed by atoms with Crippen molar-refractivity contribution in [3.8, 4) is 0 Å². The number of piperazine rings is 1. The summed E-state index contributed by atoms with van der Waals surface area (Å²) < 4.78 is 26.5. The fourth-order valence-electron chi connectivity index (χ4n) is 1.56. The first-order valence-electron chi connectivity index (χ1n) is 4.80. The van der Waals surface area contributed by atoms with E-state index in [0.717, 1.165) is 6.54 Å². The van der Waals surface area contributed by atoms with Crippen LogP contribution in [0.25, 0.3) is 0 Å². The Balaban J connectivity index is 2.87. The van der Waals surface area contributed by atoms with Gasteiger partial charge in [0.05, 0.1) is 0 Å². The molecule has 1 heterocycles. The first-order valence-corrected chi connectivity index (χ1v) is 6.19. The summed E-state index contributed by atoms with van der Waals surface area (Å²) in [6.45, 7) is 5.20. The standard InChI is InChI=1S/C8H19N3O2S/c1-7-8(2)11(6-5-9-7)14(12,13)10(3)4/h7-9H,5-6H2,1-4H3. The first-order chi connectivity index (χ1) is 6.37. The van der Waals surface area contributed by atoms with Gasteiger partial charge < -0.3 is 5.32 Å². The fourth-order valence-corrected chi connectivity index (χ4v) is 2.91. The normalized spacial score (nSPS) is 30.9. The van der Waals surface area contributed by atoms with Crippen LogP contribution in [0.3, 0.4) is 0 Å². The minimum Gasteiger partial charge on any atom is -0.311 e. The molecule has 0 radical (unpaired) electrons. The lowest BCUT2D eigenvalue weighted by Crippen LogP contribution is -2.59. The van der Waals surface area contributed by atoms with Crippen molar-refractivity contribution >= 4 is 10.2 Å². The molecule has 0 aromatic heterocycles. The zero-order valence-corrected chi connectivity index (χ0v) is 10.0. The van der Waals surface area contributed by atoms with Gasteiger partial charge in [-0.05, 0) is 13.8 Å². The van der Waals surface area contributed by atoms with E-state index >= 15 is 0 Å². The predicted molar refractivity (Wildman–Crippen MR) is 56.2 cm³/mol. The van der Waals surface area contributed by atoms with Crippen molar-refractivity contribution in [1.82, 2.24) is 13.9 Å². The average Bonchev–Trinajstić information content (AvgIpc) is 2.09. The van der Waals surface area contributed by atoms with Crippen molar-refractivity contribution in [2.75, 3.05) is 27.2 Å². The molecule has 14 heavy (non-hydrogen) atoms. The minimum atomic E-state index is -3.26. The summed E-state index contributed by atoms with van der Waals surface area (Å²) in [4.78, 5) is 0. The van der Waals surface area contributed by atoms with Gasteiger partial charge in [0, 0.05) is 39.3 Å². The Morgan fingerprint density at radius 3 is 2.43 bits per heavy atom. The Morgan fingerprint density at radius 2 is 1.93 bits per heavy atom. The molecule has 1 aliphatic heterocycles. The quantitative estimate of drug-likeness (QED) is 0.682. The van der Waals surface area contributed by atoms with Crippen LogP contribution >= 0.6 is 0 Å². The van der Waals surface area contributed by atoms with Crippen LogP contribution in [0.1, 0.15) is 13.8 Å². The van der Waals surface area contributed by atoms with Crippen molar-refractivity contribution in [2.24, 2.45) is 0 Å². The molecule has 84 valence electrons. The van der Waals surface area contributed by atoms with Crippen LogP contribution in [0.4, 0.5) is 0 Å². The Morgan fingerprint density at radius 1 is 1.36 bits per heavy atom. The SMILES string of the molecule is CC1NCCN(S(=O)(=O)N(C)C)C1C. The molecule has 0 aliphatic carbocycles. The lowest BCUT2D eigenvalue weighted by molar-refractivity contribution is 0.222. The van der Waals surface area contributed by atoms with Crippen LogP contribution in [-0.2, 0) is 10.2 Å². The lowest BCUT2D eigenvalue weighted by Gasteiger charge is -2.38. The average molecular weight is 221 g/mol. The van der Waals surface area contributed by atoms with Crippen molar-refractivity contribution in [3.63, 3.8) is 0 Å². The molecule has 0 spiro atoms. The topological polar surface area (TPSA) is 52.7 Å². The van der Waals surface area contributed by atoms with E-state index in [-0.39, 0.29) is 12.1 Å². The minimum absolute atomic E-state index is 0.0103. The lowest BCUT2D eigenvalue weighted by atomic mass is 10.1. The second-order valence-electron chi connectivity index (χ2n) is 3.88. The van der Waals surface area contributed by atoms with Crippen LogP contribution in [0.2, 0.25) is 0 Å². The molecular formula is C8H19N3O2S. The van der Waals surface area contributed by atoms with E-state index in [1.54, 1.807) is 18.4 Å². The zero-order valence-electron chi connectivity index (χ0n) is 9.19. The van der Waals surface area contributed by atoms with Crippen molar-refractivity contribution in [3.05, 3.63) is 0 Å². The molecular weight excluding hydrogens is 202 g/mol. The fraction of sp³-hybridized carbons (Fsp3) is 1.00. The summed E-state index contributed by atoms with van der Waals surface area (Å²) in [6.07, 6.45) is 0. The van der Waals surface area contributed by atoms with Gasteiger partial charge in [-0.3, -0.25) is 0 Å². The highest BCUT2D eigenvalue weighted by Crippen LogP contribution is 2.15. The van der Waals surface area contributed by atoms with E-state index < -0.39 is 10.2 Å². The molecule has 2 atom stereocenters. The van der Waals surface area contributed by atoms with Crippen LogP contribution in [0.15, 0.2) is 0 Å². The molecule has 1 saturated heterocycles. The summed E-state index contributed by atoms with van der Waals surface area (Å²) >= 11 is 0. The van der Waals surface area contributed by atoms with Crippen LogP contribution in [0.5, 0.6) is 0 Å². The van der Waals surface area contributed by atoms with Crippen molar-refractivity contribution < 1.29 is 8.42 Å². The Bertz CT molecular complexity index is 289. The second kappa shape index (κ2) is 4.14. The van der Waals surface area contributed by atoms with Gasteiger partial charge in [-0.1, -0.05) is 0 Å². The van der Waals surface area contributed by atoms with Crippen LogP contribution < -0.4 is 5.32 Å². The van der Waals surface area contributed by atoms with Crippen LogP contribution in [0, 0.1) is 0 Å². The second-order valence-corrected chi connectivity index (χ2v) is 5.98. The highest BCUT2D eigenvalue weighted by Gasteiger charge is 2.34. The third-order valence-electron chi connectivity index (χ3n) is 2.73. The van der Waals surface area contributed by atoms with E-state index in [2.05, 4.69) is 5.32 Å². The number of nitrogens with one attached hydrogen (secondary N) is 1. The number of hydrogen-bond donors (Lipinski definition) is 1. The van der Waals surface area contributed by atoms with Gasteiger partial charge in [-0.2, -0.15) is 17.0 Å². The summed E-state index contributed by atoms with van der Waals surface area (Å²) in [6, 6.07) is 0.217. The highest BCUT2D eigenvalue weighted by atomic mass is 32.2. The molecule has 1 aliphatic rings. The van der Waals surface area contributed by atoms with Crippen molar-refractivity contribution in [1.29, 1.82) is 0 Å². The van der Waals surface area contributed by atoms with Crippen LogP contribution in [-0.4, -0.2) is 56.3 Å². The zero-order chi connectivity index (χ0) is 10.9. The Hall–Kier alpha value is -0.170. The maximum atomic E-state index is 11.9. The molecule has 0 aromatic carbocycles. The van der Waals surface area contributed by atoms with Gasteiger partial charge in [-0.15, -0.1) is 0 Å². The van der Waals surface area contributed by atoms with Gasteiger partial charge in [0.2, 0.25) is 0 Å². The summed E-state index contributed by atoms with van der Waals surface area (Å²) in [5, 5.41) is 3.25. The maximum Gasteiger partial charge on any atom is 0.281 e. The van der Waals surface area contributed by atoms with E-state index in [4.69, 9.17) is 0 Å². The molecule has 0 amide bonds.